The summed E-state index contributed by atoms with van der Waals surface area (Å²) in [4.78, 5) is 43.3. The lowest BCUT2D eigenvalue weighted by atomic mass is 9.93. The predicted octanol–water partition coefficient (Wildman–Crippen LogP) is 6.55. The van der Waals surface area contributed by atoms with Crippen LogP contribution in [0.4, 0.5) is 4.79 Å². The van der Waals surface area contributed by atoms with Crippen molar-refractivity contribution in [3.63, 3.8) is 0 Å². The molecule has 3 amide bonds. The Kier molecular flexibility index (Phi) is 12.1. The van der Waals surface area contributed by atoms with Gasteiger partial charge in [-0.2, -0.15) is 0 Å². The number of carbonyl (C=O) groups excluding carboxylic acids is 3. The molecule has 2 aliphatic rings. The van der Waals surface area contributed by atoms with Gasteiger partial charge in [-0.05, 0) is 103 Å². The smallest absolute Gasteiger partial charge is 0.410 e. The number of nitrogens with zero attached hydrogens (tertiary/aromatic N) is 2. The zero-order valence-corrected chi connectivity index (χ0v) is 26.4. The Morgan fingerprint density at radius 2 is 1.37 bits per heavy atom. The van der Waals surface area contributed by atoms with Crippen LogP contribution < -0.4 is 5.32 Å². The zero-order valence-electron chi connectivity index (χ0n) is 26.4. The van der Waals surface area contributed by atoms with Gasteiger partial charge in [0.05, 0.1) is 0 Å². The molecule has 2 heterocycles. The van der Waals surface area contributed by atoms with E-state index in [1.807, 2.05) is 37.8 Å². The van der Waals surface area contributed by atoms with Crippen LogP contribution in [0.15, 0.2) is 60.7 Å². The lowest BCUT2D eigenvalue weighted by Gasteiger charge is -2.40. The fraction of sp³-hybridized carbons (Fsp3) is 0.583. The van der Waals surface area contributed by atoms with Gasteiger partial charge in [-0.25, -0.2) is 4.79 Å². The third-order valence-electron chi connectivity index (χ3n) is 8.66. The zero-order chi connectivity index (χ0) is 30.7. The normalized spacial score (nSPS) is 18.0. The van der Waals surface area contributed by atoms with Crippen LogP contribution in [0.3, 0.4) is 0 Å². The van der Waals surface area contributed by atoms with Crippen molar-refractivity contribution in [3.05, 3.63) is 71.8 Å². The van der Waals surface area contributed by atoms with E-state index in [9.17, 15) is 14.4 Å². The highest BCUT2D eigenvalue weighted by molar-refractivity contribution is 5.86. The average Bonchev–Trinajstić information content (AvgIpc) is 3.01. The van der Waals surface area contributed by atoms with Crippen LogP contribution in [-0.2, 0) is 27.2 Å². The Morgan fingerprint density at radius 3 is 1.91 bits per heavy atom. The SMILES string of the molecule is CC(C)(C)OC(=O)N1CCCCC1C(=O)N1CCC(C(=O)NC(CCCc2ccccc2)CCCc2ccccc2)CC1. The molecule has 0 aliphatic carbocycles. The lowest BCUT2D eigenvalue weighted by molar-refractivity contribution is -0.141. The van der Waals surface area contributed by atoms with E-state index in [0.29, 0.717) is 38.9 Å². The van der Waals surface area contributed by atoms with E-state index in [2.05, 4.69) is 53.8 Å². The largest absolute Gasteiger partial charge is 0.444 e. The fourth-order valence-corrected chi connectivity index (χ4v) is 6.30. The Morgan fingerprint density at radius 1 is 0.814 bits per heavy atom. The van der Waals surface area contributed by atoms with Crippen molar-refractivity contribution in [2.24, 2.45) is 5.92 Å². The molecular formula is C36H51N3O4. The number of amides is 3. The van der Waals surface area contributed by atoms with Crippen LogP contribution in [-0.4, -0.2) is 65.0 Å². The molecular weight excluding hydrogens is 538 g/mol. The van der Waals surface area contributed by atoms with E-state index < -0.39 is 17.7 Å². The molecule has 43 heavy (non-hydrogen) atoms. The van der Waals surface area contributed by atoms with Gasteiger partial charge in [-0.1, -0.05) is 60.7 Å². The summed E-state index contributed by atoms with van der Waals surface area (Å²) in [5.74, 6) is 0.0109. The average molecular weight is 590 g/mol. The summed E-state index contributed by atoms with van der Waals surface area (Å²) >= 11 is 0. The van der Waals surface area contributed by atoms with Gasteiger partial charge in [0.2, 0.25) is 11.8 Å². The number of piperidine rings is 2. The standard InChI is InChI=1S/C36H51N3O4/c1-36(2,3)43-35(42)39-25-11-10-22-32(39)34(41)38-26-23-30(24-27-38)33(40)37-31(20-12-18-28-14-6-4-7-15-28)21-13-19-29-16-8-5-9-17-29/h4-9,14-17,30-32H,10-13,18-27H2,1-3H3,(H,37,40). The van der Waals surface area contributed by atoms with E-state index in [4.69, 9.17) is 4.74 Å². The number of hydrogen-bond donors (Lipinski definition) is 1. The van der Waals surface area contributed by atoms with Crippen LogP contribution in [0.2, 0.25) is 0 Å². The molecule has 4 rings (SSSR count). The third-order valence-corrected chi connectivity index (χ3v) is 8.66. The van der Waals surface area contributed by atoms with Crippen LogP contribution >= 0.6 is 0 Å². The van der Waals surface area contributed by atoms with Crippen LogP contribution in [0.5, 0.6) is 0 Å². The first-order chi connectivity index (χ1) is 20.7. The van der Waals surface area contributed by atoms with Gasteiger partial charge in [-0.3, -0.25) is 14.5 Å². The second-order valence-corrected chi connectivity index (χ2v) is 13.2. The van der Waals surface area contributed by atoms with Crippen molar-refractivity contribution in [1.82, 2.24) is 15.1 Å². The Bertz CT molecular complexity index is 1110. The first-order valence-electron chi connectivity index (χ1n) is 16.4. The minimum absolute atomic E-state index is 0.0101. The number of nitrogens with one attached hydrogen (secondary N) is 1. The van der Waals surface area contributed by atoms with Gasteiger partial charge in [0.25, 0.3) is 0 Å². The summed E-state index contributed by atoms with van der Waals surface area (Å²) in [6.45, 7) is 7.17. The number of likely N-dealkylation sites (tertiary alicyclic amines) is 2. The van der Waals surface area contributed by atoms with Gasteiger partial charge in [0.1, 0.15) is 11.6 Å². The summed E-state index contributed by atoms with van der Waals surface area (Å²) in [6.07, 6.45) is 9.33. The van der Waals surface area contributed by atoms with E-state index in [-0.39, 0.29) is 23.8 Å². The number of rotatable bonds is 11. The van der Waals surface area contributed by atoms with E-state index >= 15 is 0 Å². The van der Waals surface area contributed by atoms with Gasteiger partial charge in [0.15, 0.2) is 0 Å². The molecule has 7 heteroatoms. The number of hydrogen-bond acceptors (Lipinski definition) is 4. The topological polar surface area (TPSA) is 79.0 Å². The second kappa shape index (κ2) is 15.9. The minimum Gasteiger partial charge on any atom is -0.444 e. The molecule has 1 N–H and O–H groups in total. The van der Waals surface area contributed by atoms with Gasteiger partial charge in [-0.15, -0.1) is 0 Å². The highest BCUT2D eigenvalue weighted by Crippen LogP contribution is 2.25. The number of benzene rings is 2. The van der Waals surface area contributed by atoms with Crippen molar-refractivity contribution in [1.29, 1.82) is 0 Å². The van der Waals surface area contributed by atoms with Crippen molar-refractivity contribution < 1.29 is 19.1 Å². The summed E-state index contributed by atoms with van der Waals surface area (Å²) in [6, 6.07) is 20.7. The molecule has 2 aromatic carbocycles. The summed E-state index contributed by atoms with van der Waals surface area (Å²) in [5, 5.41) is 3.40. The third kappa shape index (κ3) is 10.4. The van der Waals surface area contributed by atoms with Crippen molar-refractivity contribution in [2.45, 2.75) is 109 Å². The molecule has 7 nitrogen and oxygen atoms in total. The number of ether oxygens (including phenoxy) is 1. The summed E-state index contributed by atoms with van der Waals surface area (Å²) < 4.78 is 5.60. The molecule has 0 aromatic heterocycles. The van der Waals surface area contributed by atoms with Gasteiger partial charge in [0, 0.05) is 31.6 Å². The first kappa shape index (κ1) is 32.6. The van der Waals surface area contributed by atoms with Crippen LogP contribution in [0, 0.1) is 5.92 Å². The maximum absolute atomic E-state index is 13.5. The highest BCUT2D eigenvalue weighted by atomic mass is 16.6. The molecule has 1 unspecified atom stereocenters. The van der Waals surface area contributed by atoms with E-state index in [1.165, 1.54) is 11.1 Å². The Labute approximate surface area is 258 Å². The molecule has 0 bridgehead atoms. The number of carbonyl (C=O) groups is 3. The molecule has 2 fully saturated rings. The first-order valence-corrected chi connectivity index (χ1v) is 16.4. The molecule has 2 saturated heterocycles. The molecule has 0 saturated carbocycles. The molecule has 0 radical (unpaired) electrons. The van der Waals surface area contributed by atoms with E-state index in [0.717, 1.165) is 51.4 Å². The van der Waals surface area contributed by atoms with Crippen molar-refractivity contribution >= 4 is 17.9 Å². The maximum atomic E-state index is 13.5. The van der Waals surface area contributed by atoms with Crippen LogP contribution in [0.25, 0.3) is 0 Å². The van der Waals surface area contributed by atoms with Crippen molar-refractivity contribution in [2.75, 3.05) is 19.6 Å². The van der Waals surface area contributed by atoms with Gasteiger partial charge >= 0.3 is 6.09 Å². The minimum atomic E-state index is -0.602. The van der Waals surface area contributed by atoms with E-state index in [1.54, 1.807) is 4.90 Å². The summed E-state index contributed by atoms with van der Waals surface area (Å²) in [7, 11) is 0. The molecule has 1 atom stereocenters. The van der Waals surface area contributed by atoms with Crippen molar-refractivity contribution in [3.8, 4) is 0 Å². The Balaban J connectivity index is 1.28. The fourth-order valence-electron chi connectivity index (χ4n) is 6.30. The summed E-state index contributed by atoms with van der Waals surface area (Å²) in [5.41, 5.74) is 2.06. The predicted molar refractivity (Wildman–Crippen MR) is 171 cm³/mol. The molecule has 0 spiro atoms. The van der Waals surface area contributed by atoms with Crippen LogP contribution in [0.1, 0.15) is 89.7 Å². The molecule has 234 valence electrons. The van der Waals surface area contributed by atoms with Gasteiger partial charge < -0.3 is 15.0 Å². The maximum Gasteiger partial charge on any atom is 0.410 e. The molecule has 2 aromatic rings. The lowest BCUT2D eigenvalue weighted by Crippen LogP contribution is -2.55. The number of aryl methyl sites for hydroxylation is 2. The second-order valence-electron chi connectivity index (χ2n) is 13.2. The quantitative estimate of drug-likeness (QED) is 0.323. The molecule has 2 aliphatic heterocycles. The monoisotopic (exact) mass is 589 g/mol. The highest BCUT2D eigenvalue weighted by Gasteiger charge is 2.38. The Hall–Kier alpha value is -3.35.